The van der Waals surface area contributed by atoms with Crippen molar-refractivity contribution in [3.63, 3.8) is 0 Å². The van der Waals surface area contributed by atoms with E-state index in [1.807, 2.05) is 14.0 Å². The van der Waals surface area contributed by atoms with Gasteiger partial charge in [0.2, 0.25) is 5.89 Å². The molecule has 126 valence electrons. The molecule has 0 aliphatic rings. The number of aromatic nitrogens is 2. The summed E-state index contributed by atoms with van der Waals surface area (Å²) < 4.78 is 5.09. The lowest BCUT2D eigenvalue weighted by molar-refractivity contribution is 0.0946. The number of nitrogens with zero attached hydrogens (tertiary/aromatic N) is 2. The second-order valence-electron chi connectivity index (χ2n) is 4.81. The quantitative estimate of drug-likeness (QED) is 0.806. The van der Waals surface area contributed by atoms with Gasteiger partial charge in [-0.2, -0.15) is 4.98 Å². The highest BCUT2D eigenvalue weighted by molar-refractivity contribution is 6.42. The van der Waals surface area contributed by atoms with Crippen molar-refractivity contribution in [2.45, 2.75) is 25.9 Å². The summed E-state index contributed by atoms with van der Waals surface area (Å²) in [5, 5.41) is 10.4. The van der Waals surface area contributed by atoms with E-state index in [9.17, 15) is 4.79 Å². The Hall–Kier alpha value is -1.34. The molecule has 1 heterocycles. The zero-order valence-corrected chi connectivity index (χ0v) is 14.9. The van der Waals surface area contributed by atoms with Gasteiger partial charge in [0.1, 0.15) is 0 Å². The molecule has 0 aliphatic carbocycles. The molecule has 0 aliphatic heterocycles. The summed E-state index contributed by atoms with van der Waals surface area (Å²) in [6, 6.07) is 4.92. The second-order valence-corrected chi connectivity index (χ2v) is 5.62. The number of halogens is 3. The second kappa shape index (κ2) is 9.08. The molecule has 2 rings (SSSR count). The third-order valence-electron chi connectivity index (χ3n) is 3.07. The first-order valence-electron chi connectivity index (χ1n) is 6.71. The van der Waals surface area contributed by atoms with Gasteiger partial charge < -0.3 is 15.2 Å². The van der Waals surface area contributed by atoms with E-state index in [0.717, 1.165) is 0 Å². The highest BCUT2D eigenvalue weighted by atomic mass is 35.5. The van der Waals surface area contributed by atoms with Crippen molar-refractivity contribution >= 4 is 41.5 Å². The number of benzene rings is 1. The molecule has 6 nitrogen and oxygen atoms in total. The number of rotatable bonds is 6. The molecule has 0 spiro atoms. The van der Waals surface area contributed by atoms with Crippen molar-refractivity contribution in [3.05, 3.63) is 45.5 Å². The van der Waals surface area contributed by atoms with E-state index in [1.54, 1.807) is 12.1 Å². The van der Waals surface area contributed by atoms with Gasteiger partial charge >= 0.3 is 0 Å². The Morgan fingerprint density at radius 2 is 2.09 bits per heavy atom. The smallest absolute Gasteiger partial charge is 0.251 e. The summed E-state index contributed by atoms with van der Waals surface area (Å²) in [4.78, 5) is 16.2. The zero-order valence-electron chi connectivity index (χ0n) is 12.6. The Bertz CT molecular complexity index is 663. The number of hydrogen-bond acceptors (Lipinski definition) is 5. The zero-order chi connectivity index (χ0) is 16.1. The van der Waals surface area contributed by atoms with Crippen molar-refractivity contribution in [2.75, 3.05) is 7.05 Å². The van der Waals surface area contributed by atoms with E-state index in [2.05, 4.69) is 20.8 Å². The molecule has 9 heteroatoms. The molecule has 0 bridgehead atoms. The van der Waals surface area contributed by atoms with Crippen LogP contribution in [0.15, 0.2) is 22.7 Å². The van der Waals surface area contributed by atoms with Crippen LogP contribution in [0.4, 0.5) is 0 Å². The molecule has 1 amide bonds. The fraction of sp³-hybridized carbons (Fsp3) is 0.357. The lowest BCUT2D eigenvalue weighted by Crippen LogP contribution is -2.24. The first-order valence-corrected chi connectivity index (χ1v) is 7.47. The van der Waals surface area contributed by atoms with Crippen LogP contribution in [0.5, 0.6) is 0 Å². The van der Waals surface area contributed by atoms with Crippen molar-refractivity contribution in [2.24, 2.45) is 0 Å². The normalized spacial score (nSPS) is 11.7. The minimum Gasteiger partial charge on any atom is -0.343 e. The van der Waals surface area contributed by atoms with Crippen LogP contribution < -0.4 is 10.6 Å². The number of nitrogens with one attached hydrogen (secondary N) is 2. The van der Waals surface area contributed by atoms with Crippen molar-refractivity contribution < 1.29 is 9.32 Å². The Labute approximate surface area is 150 Å². The molecule has 2 aromatic rings. The average Bonchev–Trinajstić information content (AvgIpc) is 2.95. The van der Waals surface area contributed by atoms with Crippen molar-refractivity contribution in [1.29, 1.82) is 0 Å². The highest BCUT2D eigenvalue weighted by Crippen LogP contribution is 2.22. The van der Waals surface area contributed by atoms with Crippen molar-refractivity contribution in [1.82, 2.24) is 20.8 Å². The Morgan fingerprint density at radius 3 is 2.74 bits per heavy atom. The van der Waals surface area contributed by atoms with Gasteiger partial charge in [-0.25, -0.2) is 0 Å². The molecule has 23 heavy (non-hydrogen) atoms. The largest absolute Gasteiger partial charge is 0.343 e. The first kappa shape index (κ1) is 19.7. The predicted octanol–water partition coefficient (Wildman–Crippen LogP) is 2.88. The van der Waals surface area contributed by atoms with Crippen LogP contribution in [0.2, 0.25) is 10.0 Å². The van der Waals surface area contributed by atoms with E-state index < -0.39 is 0 Å². The van der Waals surface area contributed by atoms with E-state index in [-0.39, 0.29) is 30.9 Å². The minimum atomic E-state index is -0.290. The van der Waals surface area contributed by atoms with Gasteiger partial charge in [-0.1, -0.05) is 28.4 Å². The molecule has 0 saturated carbocycles. The van der Waals surface area contributed by atoms with Gasteiger partial charge in [0.05, 0.1) is 16.6 Å². The number of carbonyl (C=O) groups is 1. The predicted molar refractivity (Wildman–Crippen MR) is 91.4 cm³/mol. The maximum Gasteiger partial charge on any atom is 0.251 e. The average molecular weight is 380 g/mol. The Balaban J connectivity index is 0.00000264. The summed E-state index contributed by atoms with van der Waals surface area (Å²) in [5.74, 6) is 0.661. The van der Waals surface area contributed by atoms with E-state index in [0.29, 0.717) is 33.7 Å². The lowest BCUT2D eigenvalue weighted by atomic mass is 10.2. The summed E-state index contributed by atoms with van der Waals surface area (Å²) in [6.45, 7) is 2.17. The summed E-state index contributed by atoms with van der Waals surface area (Å²) in [5.41, 5.74) is 0.415. The molecule has 0 fully saturated rings. The van der Waals surface area contributed by atoms with E-state index in [1.165, 1.54) is 6.07 Å². The van der Waals surface area contributed by atoms with E-state index >= 15 is 0 Å². The molecule has 0 radical (unpaired) electrons. The topological polar surface area (TPSA) is 80.0 Å². The lowest BCUT2D eigenvalue weighted by Gasteiger charge is -2.05. The summed E-state index contributed by atoms with van der Waals surface area (Å²) in [6.07, 6.45) is 0.654. The van der Waals surface area contributed by atoms with Crippen LogP contribution in [0, 0.1) is 0 Å². The molecule has 1 aromatic heterocycles. The Kier molecular flexibility index (Phi) is 7.78. The number of amides is 1. The van der Waals surface area contributed by atoms with Gasteiger partial charge in [-0.05, 0) is 32.2 Å². The summed E-state index contributed by atoms with van der Waals surface area (Å²) in [7, 11) is 1.86. The van der Waals surface area contributed by atoms with E-state index in [4.69, 9.17) is 27.7 Å². The van der Waals surface area contributed by atoms with Gasteiger partial charge in [0, 0.05) is 18.0 Å². The standard InChI is InChI=1S/C14H16Cl2N4O2.ClH/c1-8(17-2)5-12-19-13(22-20-12)7-18-14(21)9-3-4-10(15)11(16)6-9;/h3-4,6,8,17H,5,7H2,1-2H3,(H,18,21);1H. The van der Waals surface area contributed by atoms with Crippen LogP contribution in [-0.4, -0.2) is 29.1 Å². The van der Waals surface area contributed by atoms with Gasteiger partial charge in [-0.15, -0.1) is 12.4 Å². The fourth-order valence-electron chi connectivity index (χ4n) is 1.72. The summed E-state index contributed by atoms with van der Waals surface area (Å²) >= 11 is 11.7. The highest BCUT2D eigenvalue weighted by Gasteiger charge is 2.12. The molecule has 2 N–H and O–H groups in total. The Morgan fingerprint density at radius 1 is 1.35 bits per heavy atom. The molecule has 1 atom stereocenters. The molecule has 0 saturated heterocycles. The molecular weight excluding hydrogens is 363 g/mol. The maximum atomic E-state index is 12.0. The molecule has 1 unspecified atom stereocenters. The van der Waals surface area contributed by atoms with Crippen LogP contribution in [0.3, 0.4) is 0 Å². The third-order valence-corrected chi connectivity index (χ3v) is 3.81. The van der Waals surface area contributed by atoms with Crippen LogP contribution in [0.25, 0.3) is 0 Å². The van der Waals surface area contributed by atoms with Gasteiger partial charge in [0.15, 0.2) is 5.82 Å². The monoisotopic (exact) mass is 378 g/mol. The van der Waals surface area contributed by atoms with Crippen molar-refractivity contribution in [3.8, 4) is 0 Å². The minimum absolute atomic E-state index is 0. The third kappa shape index (κ3) is 5.66. The van der Waals surface area contributed by atoms with Crippen LogP contribution in [0.1, 0.15) is 29.0 Å². The number of hydrogen-bond donors (Lipinski definition) is 2. The van der Waals surface area contributed by atoms with Gasteiger partial charge in [-0.3, -0.25) is 4.79 Å². The van der Waals surface area contributed by atoms with Crippen LogP contribution in [-0.2, 0) is 13.0 Å². The molecular formula is C14H17Cl3N4O2. The SMILES string of the molecule is CNC(C)Cc1noc(CNC(=O)c2ccc(Cl)c(Cl)c2)n1.Cl. The number of likely N-dealkylation sites (N-methyl/N-ethyl adjacent to an activating group) is 1. The van der Waals surface area contributed by atoms with Gasteiger partial charge in [0.25, 0.3) is 5.91 Å². The fourth-order valence-corrected chi connectivity index (χ4v) is 2.01. The first-order chi connectivity index (χ1) is 10.5. The van der Waals surface area contributed by atoms with Crippen LogP contribution >= 0.6 is 35.6 Å². The maximum absolute atomic E-state index is 12.0. The molecule has 1 aromatic carbocycles. The number of carbonyl (C=O) groups excluding carboxylic acids is 1.